The van der Waals surface area contributed by atoms with Gasteiger partial charge in [0.05, 0.1) is 20.9 Å². The van der Waals surface area contributed by atoms with Gasteiger partial charge >= 0.3 is 5.97 Å². The van der Waals surface area contributed by atoms with Gasteiger partial charge in [-0.25, -0.2) is 4.79 Å². The molecule has 0 unspecified atom stereocenters. The molecule has 4 nitrogen and oxygen atoms in total. The minimum atomic E-state index is -1.04. The van der Waals surface area contributed by atoms with Gasteiger partial charge in [-0.1, -0.05) is 17.7 Å². The summed E-state index contributed by atoms with van der Waals surface area (Å²) in [5.41, 5.74) is 1.25. The Balaban J connectivity index is 2.40. The normalized spacial score (nSPS) is 10.1. The smallest absolute Gasteiger partial charge is 0.339 e. The van der Waals surface area contributed by atoms with E-state index < -0.39 is 5.97 Å². The first-order valence-corrected chi connectivity index (χ1v) is 6.15. The molecule has 0 radical (unpaired) electrons. The van der Waals surface area contributed by atoms with E-state index in [1.165, 1.54) is 12.4 Å². The standard InChI is InChI=1S/C12H8BrClN2O2/c13-11-8(14)2-1-3-10(11)16-9-4-5-15-6-7(9)12(17)18/h1-6H,(H,15,16)(H,17,18). The molecule has 6 heteroatoms. The predicted octanol–water partition coefficient (Wildman–Crippen LogP) is 3.94. The van der Waals surface area contributed by atoms with Gasteiger partial charge in [-0.15, -0.1) is 0 Å². The van der Waals surface area contributed by atoms with Crippen molar-refractivity contribution in [2.75, 3.05) is 5.32 Å². The molecule has 0 saturated carbocycles. The van der Waals surface area contributed by atoms with Crippen LogP contribution in [-0.2, 0) is 0 Å². The van der Waals surface area contributed by atoms with Gasteiger partial charge in [0, 0.05) is 12.4 Å². The van der Waals surface area contributed by atoms with Crippen molar-refractivity contribution >= 4 is 44.9 Å². The Hall–Kier alpha value is -1.59. The highest BCUT2D eigenvalue weighted by Crippen LogP contribution is 2.32. The van der Waals surface area contributed by atoms with Gasteiger partial charge in [0.1, 0.15) is 5.56 Å². The maximum atomic E-state index is 11.0. The first-order valence-electron chi connectivity index (χ1n) is 4.98. The maximum absolute atomic E-state index is 11.0. The third kappa shape index (κ3) is 2.63. The monoisotopic (exact) mass is 326 g/mol. The van der Waals surface area contributed by atoms with Crippen molar-refractivity contribution in [2.45, 2.75) is 0 Å². The molecule has 0 aliphatic heterocycles. The predicted molar refractivity (Wildman–Crippen MR) is 73.6 cm³/mol. The molecule has 1 aromatic carbocycles. The van der Waals surface area contributed by atoms with Crippen molar-refractivity contribution in [1.29, 1.82) is 0 Å². The number of aromatic carboxylic acids is 1. The van der Waals surface area contributed by atoms with E-state index in [9.17, 15) is 4.79 Å². The molecule has 2 N–H and O–H groups in total. The topological polar surface area (TPSA) is 62.2 Å². The number of rotatable bonds is 3. The molecule has 0 saturated heterocycles. The first-order chi connectivity index (χ1) is 8.59. The summed E-state index contributed by atoms with van der Waals surface area (Å²) in [6.07, 6.45) is 2.82. The number of anilines is 2. The average Bonchev–Trinajstić information content (AvgIpc) is 2.35. The average molecular weight is 328 g/mol. The van der Waals surface area contributed by atoms with Crippen LogP contribution < -0.4 is 5.32 Å². The van der Waals surface area contributed by atoms with Crippen molar-refractivity contribution in [3.05, 3.63) is 51.7 Å². The summed E-state index contributed by atoms with van der Waals surface area (Å²) in [6.45, 7) is 0. The molecule has 2 aromatic rings. The van der Waals surface area contributed by atoms with Gasteiger partial charge in [-0.2, -0.15) is 0 Å². The second-order valence-corrected chi connectivity index (χ2v) is 4.65. The summed E-state index contributed by atoms with van der Waals surface area (Å²) in [7, 11) is 0. The zero-order chi connectivity index (χ0) is 13.1. The number of nitrogens with zero attached hydrogens (tertiary/aromatic N) is 1. The molecular weight excluding hydrogens is 320 g/mol. The Labute approximate surface area is 117 Å². The van der Waals surface area contributed by atoms with E-state index in [1.54, 1.807) is 24.3 Å². The first kappa shape index (κ1) is 12.9. The molecule has 0 bridgehead atoms. The Morgan fingerprint density at radius 2 is 2.11 bits per heavy atom. The fraction of sp³-hybridized carbons (Fsp3) is 0. The molecular formula is C12H8BrClN2O2. The lowest BCUT2D eigenvalue weighted by Crippen LogP contribution is -2.03. The van der Waals surface area contributed by atoms with E-state index in [1.807, 2.05) is 0 Å². The zero-order valence-electron chi connectivity index (χ0n) is 9.02. The van der Waals surface area contributed by atoms with Gasteiger partial charge < -0.3 is 10.4 Å². The highest BCUT2D eigenvalue weighted by Gasteiger charge is 2.11. The molecule has 0 spiro atoms. The lowest BCUT2D eigenvalue weighted by Gasteiger charge is -2.11. The van der Waals surface area contributed by atoms with E-state index in [-0.39, 0.29) is 5.56 Å². The Morgan fingerprint density at radius 3 is 2.83 bits per heavy atom. The fourth-order valence-electron chi connectivity index (χ4n) is 1.42. The van der Waals surface area contributed by atoms with E-state index >= 15 is 0 Å². The van der Waals surface area contributed by atoms with Crippen LogP contribution in [0.2, 0.25) is 5.02 Å². The Bertz CT molecular complexity index is 604. The number of nitrogens with one attached hydrogen (secondary N) is 1. The Morgan fingerprint density at radius 1 is 1.33 bits per heavy atom. The minimum absolute atomic E-state index is 0.101. The third-order valence-corrected chi connectivity index (χ3v) is 3.67. The quantitative estimate of drug-likeness (QED) is 0.896. The lowest BCUT2D eigenvalue weighted by atomic mass is 10.2. The number of aromatic nitrogens is 1. The van der Waals surface area contributed by atoms with Crippen LogP contribution in [0.1, 0.15) is 10.4 Å². The number of benzene rings is 1. The van der Waals surface area contributed by atoms with Crippen molar-refractivity contribution < 1.29 is 9.90 Å². The minimum Gasteiger partial charge on any atom is -0.478 e. The van der Waals surface area contributed by atoms with Crippen molar-refractivity contribution in [3.8, 4) is 0 Å². The lowest BCUT2D eigenvalue weighted by molar-refractivity contribution is 0.0697. The van der Waals surface area contributed by atoms with E-state index in [2.05, 4.69) is 26.2 Å². The van der Waals surface area contributed by atoms with Crippen LogP contribution in [-0.4, -0.2) is 16.1 Å². The van der Waals surface area contributed by atoms with Crippen LogP contribution in [0.25, 0.3) is 0 Å². The van der Waals surface area contributed by atoms with E-state index in [0.717, 1.165) is 0 Å². The number of hydrogen-bond donors (Lipinski definition) is 2. The van der Waals surface area contributed by atoms with Crippen molar-refractivity contribution in [3.63, 3.8) is 0 Å². The van der Waals surface area contributed by atoms with Crippen LogP contribution in [0.4, 0.5) is 11.4 Å². The largest absolute Gasteiger partial charge is 0.478 e. The highest BCUT2D eigenvalue weighted by molar-refractivity contribution is 9.10. The molecule has 0 aliphatic rings. The number of carbonyl (C=O) groups is 1. The number of halogens is 2. The summed E-state index contributed by atoms with van der Waals surface area (Å²) in [6, 6.07) is 6.90. The van der Waals surface area contributed by atoms with Gasteiger partial charge in [0.25, 0.3) is 0 Å². The maximum Gasteiger partial charge on any atom is 0.339 e. The third-order valence-electron chi connectivity index (χ3n) is 2.27. The van der Waals surface area contributed by atoms with Crippen molar-refractivity contribution in [2.24, 2.45) is 0 Å². The summed E-state index contributed by atoms with van der Waals surface area (Å²) in [5, 5.41) is 12.6. The number of carboxylic acid groups (broad SMARTS) is 1. The fourth-order valence-corrected chi connectivity index (χ4v) is 1.96. The van der Waals surface area contributed by atoms with Crippen LogP contribution >= 0.6 is 27.5 Å². The summed E-state index contributed by atoms with van der Waals surface area (Å²) in [5.74, 6) is -1.04. The van der Waals surface area contributed by atoms with Crippen LogP contribution in [0, 0.1) is 0 Å². The van der Waals surface area contributed by atoms with E-state index in [4.69, 9.17) is 16.7 Å². The summed E-state index contributed by atoms with van der Waals surface area (Å²) >= 11 is 9.31. The number of pyridine rings is 1. The number of hydrogen-bond acceptors (Lipinski definition) is 3. The molecule has 0 aliphatic carbocycles. The summed E-state index contributed by atoms with van der Waals surface area (Å²) in [4.78, 5) is 14.8. The molecule has 2 rings (SSSR count). The van der Waals surface area contributed by atoms with Crippen LogP contribution in [0.5, 0.6) is 0 Å². The van der Waals surface area contributed by atoms with Gasteiger partial charge in [-0.05, 0) is 34.1 Å². The summed E-state index contributed by atoms with van der Waals surface area (Å²) < 4.78 is 0.680. The highest BCUT2D eigenvalue weighted by atomic mass is 79.9. The van der Waals surface area contributed by atoms with Crippen molar-refractivity contribution in [1.82, 2.24) is 4.98 Å². The van der Waals surface area contributed by atoms with Gasteiger partial charge in [-0.3, -0.25) is 4.98 Å². The van der Waals surface area contributed by atoms with Crippen LogP contribution in [0.3, 0.4) is 0 Å². The zero-order valence-corrected chi connectivity index (χ0v) is 11.4. The second kappa shape index (κ2) is 5.37. The Kier molecular flexibility index (Phi) is 3.84. The molecule has 0 atom stereocenters. The molecule has 0 fully saturated rings. The van der Waals surface area contributed by atoms with E-state index in [0.29, 0.717) is 20.9 Å². The van der Waals surface area contributed by atoms with Crippen LogP contribution in [0.15, 0.2) is 41.1 Å². The molecule has 1 heterocycles. The molecule has 92 valence electrons. The molecule has 18 heavy (non-hydrogen) atoms. The molecule has 0 amide bonds. The molecule has 1 aromatic heterocycles. The second-order valence-electron chi connectivity index (χ2n) is 3.45. The number of carboxylic acids is 1. The SMILES string of the molecule is O=C(O)c1cnccc1Nc1cccc(Cl)c1Br. The van der Waals surface area contributed by atoms with Gasteiger partial charge in [0.15, 0.2) is 0 Å². The van der Waals surface area contributed by atoms with Gasteiger partial charge in [0.2, 0.25) is 0 Å².